The summed E-state index contributed by atoms with van der Waals surface area (Å²) in [5, 5.41) is 0. The van der Waals surface area contributed by atoms with E-state index >= 15 is 0 Å². The van der Waals surface area contributed by atoms with Crippen molar-refractivity contribution in [1.82, 2.24) is 14.9 Å². The van der Waals surface area contributed by atoms with Crippen molar-refractivity contribution in [3.8, 4) is 11.3 Å². The highest BCUT2D eigenvalue weighted by Crippen LogP contribution is 2.31. The van der Waals surface area contributed by atoms with Gasteiger partial charge >= 0.3 is 6.18 Å². The summed E-state index contributed by atoms with van der Waals surface area (Å²) in [6, 6.07) is 7.81. The summed E-state index contributed by atoms with van der Waals surface area (Å²) in [7, 11) is 0. The number of ether oxygens (including phenoxy) is 1. The largest absolute Gasteiger partial charge is 0.451 e. The van der Waals surface area contributed by atoms with E-state index in [1.807, 2.05) is 24.3 Å². The number of aromatic nitrogens is 2. The number of halogens is 3. The Labute approximate surface area is 151 Å². The Morgan fingerprint density at radius 1 is 1.04 bits per heavy atom. The fourth-order valence-corrected chi connectivity index (χ4v) is 3.13. The van der Waals surface area contributed by atoms with Gasteiger partial charge in [0.05, 0.1) is 18.9 Å². The van der Waals surface area contributed by atoms with Crippen LogP contribution >= 0.6 is 0 Å². The molecule has 1 atom stereocenters. The zero-order valence-electron chi connectivity index (χ0n) is 15.1. The van der Waals surface area contributed by atoms with Crippen molar-refractivity contribution in [3.63, 3.8) is 0 Å². The molecule has 1 aliphatic rings. The second-order valence-corrected chi connectivity index (χ2v) is 6.55. The van der Waals surface area contributed by atoms with Crippen LogP contribution < -0.4 is 0 Å². The SMILES string of the molecule is Cc1nc(C(F)(F)F)nc(-c2ccc([C@H](C)N3CCOCC3)cc2)c1C. The molecule has 2 heterocycles. The van der Waals surface area contributed by atoms with Crippen LogP contribution in [0.2, 0.25) is 0 Å². The maximum Gasteiger partial charge on any atom is 0.451 e. The van der Waals surface area contributed by atoms with Crippen molar-refractivity contribution in [2.45, 2.75) is 33.0 Å². The van der Waals surface area contributed by atoms with Crippen LogP contribution in [0.15, 0.2) is 24.3 Å². The van der Waals surface area contributed by atoms with Gasteiger partial charge < -0.3 is 4.74 Å². The van der Waals surface area contributed by atoms with E-state index in [0.29, 0.717) is 22.5 Å². The van der Waals surface area contributed by atoms with Gasteiger partial charge in [0, 0.05) is 30.4 Å². The van der Waals surface area contributed by atoms with E-state index in [4.69, 9.17) is 4.74 Å². The second kappa shape index (κ2) is 7.32. The Hall–Kier alpha value is -1.99. The minimum absolute atomic E-state index is 0.229. The first-order chi connectivity index (χ1) is 12.3. The molecule has 0 N–H and O–H groups in total. The lowest BCUT2D eigenvalue weighted by Gasteiger charge is -2.32. The van der Waals surface area contributed by atoms with Crippen molar-refractivity contribution in [2.75, 3.05) is 26.3 Å². The monoisotopic (exact) mass is 365 g/mol. The topological polar surface area (TPSA) is 38.2 Å². The molecule has 1 fully saturated rings. The van der Waals surface area contributed by atoms with E-state index < -0.39 is 12.0 Å². The summed E-state index contributed by atoms with van der Waals surface area (Å²) >= 11 is 0. The van der Waals surface area contributed by atoms with Crippen molar-refractivity contribution >= 4 is 0 Å². The highest BCUT2D eigenvalue weighted by molar-refractivity contribution is 5.64. The minimum atomic E-state index is -4.56. The molecule has 0 amide bonds. The molecule has 1 aromatic carbocycles. The van der Waals surface area contributed by atoms with Gasteiger partial charge in [-0.25, -0.2) is 9.97 Å². The lowest BCUT2D eigenvalue weighted by atomic mass is 10.0. The fourth-order valence-electron chi connectivity index (χ4n) is 3.13. The zero-order chi connectivity index (χ0) is 18.9. The predicted molar refractivity (Wildman–Crippen MR) is 92.8 cm³/mol. The number of hydrogen-bond acceptors (Lipinski definition) is 4. The molecule has 1 aliphatic heterocycles. The maximum absolute atomic E-state index is 13.0. The van der Waals surface area contributed by atoms with Crippen LogP contribution in [0.4, 0.5) is 13.2 Å². The number of alkyl halides is 3. The fraction of sp³-hybridized carbons (Fsp3) is 0.474. The van der Waals surface area contributed by atoms with Crippen LogP contribution in [0.3, 0.4) is 0 Å². The molecule has 0 unspecified atom stereocenters. The molecule has 1 saturated heterocycles. The quantitative estimate of drug-likeness (QED) is 0.818. The Morgan fingerprint density at radius 2 is 1.65 bits per heavy atom. The third-order valence-corrected chi connectivity index (χ3v) is 4.90. The van der Waals surface area contributed by atoms with Gasteiger partial charge in [-0.05, 0) is 31.9 Å². The number of morpholine rings is 1. The van der Waals surface area contributed by atoms with Crippen molar-refractivity contribution in [3.05, 3.63) is 46.9 Å². The number of hydrogen-bond donors (Lipinski definition) is 0. The third-order valence-electron chi connectivity index (χ3n) is 4.90. The third kappa shape index (κ3) is 3.88. The molecule has 0 aliphatic carbocycles. The molecule has 0 radical (unpaired) electrons. The maximum atomic E-state index is 13.0. The smallest absolute Gasteiger partial charge is 0.379 e. The first-order valence-corrected chi connectivity index (χ1v) is 8.62. The first-order valence-electron chi connectivity index (χ1n) is 8.62. The zero-order valence-corrected chi connectivity index (χ0v) is 15.1. The summed E-state index contributed by atoms with van der Waals surface area (Å²) in [4.78, 5) is 9.69. The molecule has 26 heavy (non-hydrogen) atoms. The van der Waals surface area contributed by atoms with E-state index in [0.717, 1.165) is 31.9 Å². The molecule has 7 heteroatoms. The standard InChI is InChI=1S/C19H22F3N3O/c1-12-13(2)23-18(19(20,21)22)24-17(12)16-6-4-15(5-7-16)14(3)25-8-10-26-11-9-25/h4-7,14H,8-11H2,1-3H3/t14-/m0/s1. The molecule has 140 valence electrons. The van der Waals surface area contributed by atoms with Gasteiger partial charge in [0.1, 0.15) is 0 Å². The highest BCUT2D eigenvalue weighted by Gasteiger charge is 2.35. The Kier molecular flexibility index (Phi) is 5.29. The van der Waals surface area contributed by atoms with Crippen molar-refractivity contribution in [1.29, 1.82) is 0 Å². The molecule has 0 saturated carbocycles. The van der Waals surface area contributed by atoms with Crippen molar-refractivity contribution in [2.24, 2.45) is 0 Å². The lowest BCUT2D eigenvalue weighted by Crippen LogP contribution is -2.37. The summed E-state index contributed by atoms with van der Waals surface area (Å²) in [6.07, 6.45) is -4.56. The number of nitrogens with zero attached hydrogens (tertiary/aromatic N) is 3. The summed E-state index contributed by atoms with van der Waals surface area (Å²) in [5.74, 6) is -1.10. The predicted octanol–water partition coefficient (Wildman–Crippen LogP) is 4.17. The average Bonchev–Trinajstić information content (AvgIpc) is 2.63. The van der Waals surface area contributed by atoms with Crippen LogP contribution in [-0.4, -0.2) is 41.2 Å². The molecule has 2 aromatic rings. The van der Waals surface area contributed by atoms with Gasteiger partial charge in [-0.1, -0.05) is 24.3 Å². The van der Waals surface area contributed by atoms with Gasteiger partial charge in [0.15, 0.2) is 0 Å². The van der Waals surface area contributed by atoms with E-state index in [9.17, 15) is 13.2 Å². The number of rotatable bonds is 3. The van der Waals surface area contributed by atoms with Crippen molar-refractivity contribution < 1.29 is 17.9 Å². The number of aryl methyl sites for hydroxylation is 1. The normalized spacial score (nSPS) is 17.3. The minimum Gasteiger partial charge on any atom is -0.379 e. The Morgan fingerprint density at radius 3 is 2.23 bits per heavy atom. The Bertz CT molecular complexity index is 769. The van der Waals surface area contributed by atoms with Gasteiger partial charge in [-0.3, -0.25) is 4.90 Å². The van der Waals surface area contributed by atoms with E-state index in [-0.39, 0.29) is 6.04 Å². The molecular weight excluding hydrogens is 343 g/mol. The van der Waals surface area contributed by atoms with Gasteiger partial charge in [0.2, 0.25) is 5.82 Å². The van der Waals surface area contributed by atoms with E-state index in [1.54, 1.807) is 13.8 Å². The van der Waals surface area contributed by atoms with Crippen LogP contribution in [0, 0.1) is 13.8 Å². The lowest BCUT2D eigenvalue weighted by molar-refractivity contribution is -0.145. The molecule has 4 nitrogen and oxygen atoms in total. The van der Waals surface area contributed by atoms with Gasteiger partial charge in [-0.15, -0.1) is 0 Å². The average molecular weight is 365 g/mol. The first kappa shape index (κ1) is 18.8. The summed E-state index contributed by atoms with van der Waals surface area (Å²) < 4.78 is 44.5. The summed E-state index contributed by atoms with van der Waals surface area (Å²) in [6.45, 7) is 8.65. The van der Waals surface area contributed by atoms with Crippen LogP contribution in [0.25, 0.3) is 11.3 Å². The number of benzene rings is 1. The summed E-state index contributed by atoms with van der Waals surface area (Å²) in [5.41, 5.74) is 3.11. The van der Waals surface area contributed by atoms with E-state index in [2.05, 4.69) is 21.8 Å². The molecular formula is C19H22F3N3O. The van der Waals surface area contributed by atoms with Crippen LogP contribution in [-0.2, 0) is 10.9 Å². The molecule has 0 bridgehead atoms. The molecule has 0 spiro atoms. The molecule has 3 rings (SSSR count). The van der Waals surface area contributed by atoms with E-state index in [1.165, 1.54) is 0 Å². The van der Waals surface area contributed by atoms with Crippen LogP contribution in [0.1, 0.15) is 35.6 Å². The van der Waals surface area contributed by atoms with Gasteiger partial charge in [0.25, 0.3) is 0 Å². The Balaban J connectivity index is 1.90. The van der Waals surface area contributed by atoms with Crippen LogP contribution in [0.5, 0.6) is 0 Å². The second-order valence-electron chi connectivity index (χ2n) is 6.55. The molecule has 1 aromatic heterocycles. The van der Waals surface area contributed by atoms with Gasteiger partial charge in [-0.2, -0.15) is 13.2 Å². The highest BCUT2D eigenvalue weighted by atomic mass is 19.4.